The number of rotatable bonds is 2. The Morgan fingerprint density at radius 3 is 2.40 bits per heavy atom. The zero-order valence-electron chi connectivity index (χ0n) is 13.3. The first-order valence-corrected chi connectivity index (χ1v) is 8.07. The molecule has 1 aliphatic rings. The molecule has 0 saturated carbocycles. The molecule has 2 atom stereocenters. The lowest BCUT2D eigenvalue weighted by molar-refractivity contribution is 0.0268. The van der Waals surface area contributed by atoms with Gasteiger partial charge in [-0.1, -0.05) is 0 Å². The molecule has 0 spiro atoms. The highest BCUT2D eigenvalue weighted by molar-refractivity contribution is 7.85. The second-order valence-electron chi connectivity index (χ2n) is 7.00. The van der Waals surface area contributed by atoms with Gasteiger partial charge in [0.1, 0.15) is 16.6 Å². The minimum atomic E-state index is -1.29. The monoisotopic (exact) mass is 302 g/mol. The molecule has 0 aromatic rings. The van der Waals surface area contributed by atoms with Crippen LogP contribution in [0.5, 0.6) is 0 Å². The number of likely N-dealkylation sites (tertiary alicyclic amines) is 1. The second kappa shape index (κ2) is 6.24. The fourth-order valence-corrected chi connectivity index (χ4v) is 2.35. The lowest BCUT2D eigenvalue weighted by Crippen LogP contribution is -2.40. The maximum absolute atomic E-state index is 12.1. The van der Waals surface area contributed by atoms with E-state index in [9.17, 15) is 9.00 Å². The minimum absolute atomic E-state index is 0.115. The van der Waals surface area contributed by atoms with Crippen LogP contribution in [-0.4, -0.2) is 44.4 Å². The van der Waals surface area contributed by atoms with E-state index < -0.39 is 16.6 Å². The van der Waals surface area contributed by atoms with Crippen LogP contribution in [0.25, 0.3) is 0 Å². The first-order chi connectivity index (χ1) is 9.00. The first kappa shape index (κ1) is 17.1. The number of amides is 1. The van der Waals surface area contributed by atoms with Crippen LogP contribution < -0.4 is 0 Å². The average molecular weight is 302 g/mol. The Kier molecular flexibility index (Phi) is 5.35. The number of ether oxygens (including phenoxy) is 1. The normalized spacial score (nSPS) is 22.3. The maximum atomic E-state index is 12.1. The van der Waals surface area contributed by atoms with Crippen molar-refractivity contribution in [1.29, 1.82) is 0 Å². The van der Waals surface area contributed by atoms with E-state index in [0.29, 0.717) is 6.54 Å². The van der Waals surface area contributed by atoms with Gasteiger partial charge < -0.3 is 9.64 Å². The van der Waals surface area contributed by atoms with E-state index in [2.05, 4.69) is 4.40 Å². The number of nitrogens with zero attached hydrogens (tertiary/aromatic N) is 2. The van der Waals surface area contributed by atoms with Gasteiger partial charge in [0.2, 0.25) is 0 Å². The molecule has 20 heavy (non-hydrogen) atoms. The van der Waals surface area contributed by atoms with Crippen molar-refractivity contribution in [1.82, 2.24) is 4.90 Å². The Morgan fingerprint density at radius 2 is 1.90 bits per heavy atom. The van der Waals surface area contributed by atoms with Crippen molar-refractivity contribution in [3.05, 3.63) is 0 Å². The second-order valence-corrected chi connectivity index (χ2v) is 8.93. The Balaban J connectivity index is 2.69. The van der Waals surface area contributed by atoms with Crippen LogP contribution in [0.15, 0.2) is 4.40 Å². The predicted octanol–water partition coefficient (Wildman–Crippen LogP) is 2.92. The van der Waals surface area contributed by atoms with E-state index >= 15 is 0 Å². The quantitative estimate of drug-likeness (QED) is 0.737. The van der Waals surface area contributed by atoms with Gasteiger partial charge in [-0.15, -0.1) is 0 Å². The lowest BCUT2D eigenvalue weighted by Gasteiger charge is -2.27. The number of hydrogen-bond acceptors (Lipinski definition) is 3. The summed E-state index contributed by atoms with van der Waals surface area (Å²) in [5.41, 5.74) is -0.504. The van der Waals surface area contributed by atoms with Crippen molar-refractivity contribution >= 4 is 23.3 Å². The fourth-order valence-electron chi connectivity index (χ4n) is 1.78. The van der Waals surface area contributed by atoms with E-state index in [1.807, 2.05) is 41.5 Å². The fraction of sp³-hybridized carbons (Fsp3) is 0.857. The summed E-state index contributed by atoms with van der Waals surface area (Å²) < 4.78 is 21.0. The van der Waals surface area contributed by atoms with Gasteiger partial charge in [-0.3, -0.25) is 0 Å². The molecule has 1 amide bonds. The van der Waals surface area contributed by atoms with Crippen molar-refractivity contribution in [3.63, 3.8) is 0 Å². The molecule has 6 heteroatoms. The summed E-state index contributed by atoms with van der Waals surface area (Å²) in [6.07, 6.45) is 3.06. The molecule has 5 nitrogen and oxygen atoms in total. The summed E-state index contributed by atoms with van der Waals surface area (Å²) in [4.78, 5) is 13.7. The summed E-state index contributed by atoms with van der Waals surface area (Å²) in [6, 6.07) is -0.115. The van der Waals surface area contributed by atoms with E-state index in [-0.39, 0.29) is 16.9 Å². The highest BCUT2D eigenvalue weighted by atomic mass is 32.2. The van der Waals surface area contributed by atoms with Crippen LogP contribution in [0, 0.1) is 0 Å². The summed E-state index contributed by atoms with van der Waals surface area (Å²) >= 11 is 0. The maximum Gasteiger partial charge on any atom is 0.410 e. The summed E-state index contributed by atoms with van der Waals surface area (Å²) in [6.45, 7) is 11.8. The molecule has 0 bridgehead atoms. The predicted molar refractivity (Wildman–Crippen MR) is 82.3 cm³/mol. The van der Waals surface area contributed by atoms with Crippen molar-refractivity contribution in [3.8, 4) is 0 Å². The third-order valence-corrected chi connectivity index (χ3v) is 4.14. The number of hydrogen-bond donors (Lipinski definition) is 0. The molecule has 116 valence electrons. The Hall–Kier alpha value is -0.910. The van der Waals surface area contributed by atoms with Crippen molar-refractivity contribution in [2.24, 2.45) is 4.40 Å². The molecule has 1 saturated heterocycles. The van der Waals surface area contributed by atoms with Gasteiger partial charge in [0.15, 0.2) is 0 Å². The van der Waals surface area contributed by atoms with Gasteiger partial charge in [-0.2, -0.15) is 4.40 Å². The lowest BCUT2D eigenvalue weighted by atomic mass is 10.2. The Bertz CT molecular complexity index is 408. The molecule has 1 aliphatic heterocycles. The van der Waals surface area contributed by atoms with Gasteiger partial charge in [-0.05, 0) is 54.4 Å². The molecule has 0 aromatic heterocycles. The van der Waals surface area contributed by atoms with Crippen molar-refractivity contribution < 1.29 is 13.7 Å². The largest absolute Gasteiger partial charge is 0.444 e. The van der Waals surface area contributed by atoms with Gasteiger partial charge in [0, 0.05) is 12.8 Å². The molecule has 1 rings (SSSR count). The van der Waals surface area contributed by atoms with Crippen LogP contribution in [0.2, 0.25) is 0 Å². The molecule has 0 N–H and O–H groups in total. The molecular formula is C14H26N2O3S. The molecule has 0 aromatic carbocycles. The SMILES string of the molecule is CC(C)(C)OC(=O)N1CCC[C@H]1C=N[S@](=O)C(C)(C)C. The van der Waals surface area contributed by atoms with Crippen LogP contribution in [0.1, 0.15) is 54.4 Å². The highest BCUT2D eigenvalue weighted by Crippen LogP contribution is 2.20. The van der Waals surface area contributed by atoms with Crippen LogP contribution in [0.4, 0.5) is 4.79 Å². The van der Waals surface area contributed by atoms with Gasteiger partial charge in [0.25, 0.3) is 0 Å². The Morgan fingerprint density at radius 1 is 1.30 bits per heavy atom. The van der Waals surface area contributed by atoms with Crippen molar-refractivity contribution in [2.45, 2.75) is 70.8 Å². The summed E-state index contributed by atoms with van der Waals surface area (Å²) in [5, 5.41) is 0. The van der Waals surface area contributed by atoms with E-state index in [0.717, 1.165) is 12.8 Å². The van der Waals surface area contributed by atoms with Crippen molar-refractivity contribution in [2.75, 3.05) is 6.54 Å². The molecule has 0 radical (unpaired) electrons. The summed E-state index contributed by atoms with van der Waals surface area (Å²) in [5.74, 6) is 0. The highest BCUT2D eigenvalue weighted by Gasteiger charge is 2.31. The van der Waals surface area contributed by atoms with Crippen LogP contribution in [-0.2, 0) is 15.7 Å². The molecular weight excluding hydrogens is 276 g/mol. The smallest absolute Gasteiger partial charge is 0.410 e. The summed E-state index contributed by atoms with van der Waals surface area (Å²) in [7, 11) is -1.29. The van der Waals surface area contributed by atoms with Gasteiger partial charge >= 0.3 is 6.09 Å². The van der Waals surface area contributed by atoms with E-state index in [1.165, 1.54) is 0 Å². The minimum Gasteiger partial charge on any atom is -0.444 e. The number of carbonyl (C=O) groups excluding carboxylic acids is 1. The van der Waals surface area contributed by atoms with E-state index in [1.54, 1.807) is 11.1 Å². The number of carbonyl (C=O) groups is 1. The molecule has 1 fully saturated rings. The standard InChI is InChI=1S/C14H26N2O3S/c1-13(2,3)19-12(17)16-9-7-8-11(16)10-15-20(18)14(4,5)6/h10-11H,7-9H2,1-6H3/t11-,20+/m0/s1. The van der Waals surface area contributed by atoms with E-state index in [4.69, 9.17) is 4.74 Å². The third-order valence-electron chi connectivity index (χ3n) is 2.78. The third kappa shape index (κ3) is 5.23. The molecule has 1 heterocycles. The Labute approximate surface area is 124 Å². The van der Waals surface area contributed by atoms with Gasteiger partial charge in [-0.25, -0.2) is 9.00 Å². The molecule has 0 aliphatic carbocycles. The average Bonchev–Trinajstić information content (AvgIpc) is 2.70. The topological polar surface area (TPSA) is 59.0 Å². The van der Waals surface area contributed by atoms with Gasteiger partial charge in [0.05, 0.1) is 10.8 Å². The zero-order valence-corrected chi connectivity index (χ0v) is 14.1. The van der Waals surface area contributed by atoms with Crippen LogP contribution >= 0.6 is 0 Å². The molecule has 0 unspecified atom stereocenters. The zero-order chi connectivity index (χ0) is 15.6. The van der Waals surface area contributed by atoms with Crippen LogP contribution in [0.3, 0.4) is 0 Å². The first-order valence-electron chi connectivity index (χ1n) is 6.96.